The SMILES string of the molecule is Fc1ccc(CN2CCNC(c3ccccc3)C2)c(Cl)c1. The first-order chi connectivity index (χ1) is 10.2. The Balaban J connectivity index is 1.69. The third-order valence-corrected chi connectivity index (χ3v) is 4.22. The molecule has 1 unspecified atom stereocenters. The first kappa shape index (κ1) is 14.5. The lowest BCUT2D eigenvalue weighted by molar-refractivity contribution is 0.193. The monoisotopic (exact) mass is 304 g/mol. The van der Waals surface area contributed by atoms with Crippen molar-refractivity contribution in [2.45, 2.75) is 12.6 Å². The minimum absolute atomic E-state index is 0.286. The molecular formula is C17H18ClFN2. The maximum Gasteiger partial charge on any atom is 0.124 e. The fraction of sp³-hybridized carbons (Fsp3) is 0.294. The quantitative estimate of drug-likeness (QED) is 0.931. The molecule has 3 rings (SSSR count). The molecule has 0 bridgehead atoms. The third-order valence-electron chi connectivity index (χ3n) is 3.87. The standard InChI is InChI=1S/C17H18ClFN2/c18-16-10-15(19)7-6-14(16)11-21-9-8-20-17(12-21)13-4-2-1-3-5-13/h1-7,10,17,20H,8-9,11-12H2. The zero-order chi connectivity index (χ0) is 14.7. The Morgan fingerprint density at radius 2 is 2.00 bits per heavy atom. The molecule has 110 valence electrons. The lowest BCUT2D eigenvalue weighted by atomic mass is 10.0. The molecule has 1 heterocycles. The van der Waals surface area contributed by atoms with Crippen molar-refractivity contribution in [3.63, 3.8) is 0 Å². The molecule has 1 atom stereocenters. The smallest absolute Gasteiger partial charge is 0.124 e. The van der Waals surface area contributed by atoms with Crippen molar-refractivity contribution in [3.05, 3.63) is 70.5 Å². The molecule has 1 N–H and O–H groups in total. The molecule has 0 amide bonds. The highest BCUT2D eigenvalue weighted by atomic mass is 35.5. The van der Waals surface area contributed by atoms with E-state index in [0.717, 1.165) is 31.7 Å². The predicted molar refractivity (Wildman–Crippen MR) is 83.9 cm³/mol. The molecule has 1 saturated heterocycles. The molecule has 0 radical (unpaired) electrons. The van der Waals surface area contributed by atoms with Gasteiger partial charge in [0, 0.05) is 37.2 Å². The maximum absolute atomic E-state index is 13.1. The second-order valence-corrected chi connectivity index (χ2v) is 5.80. The summed E-state index contributed by atoms with van der Waals surface area (Å²) >= 11 is 6.12. The van der Waals surface area contributed by atoms with Gasteiger partial charge in [0.05, 0.1) is 0 Å². The summed E-state index contributed by atoms with van der Waals surface area (Å²) in [5.41, 5.74) is 2.28. The fourth-order valence-corrected chi connectivity index (χ4v) is 2.98. The van der Waals surface area contributed by atoms with E-state index >= 15 is 0 Å². The van der Waals surface area contributed by atoms with E-state index in [-0.39, 0.29) is 5.82 Å². The van der Waals surface area contributed by atoms with Gasteiger partial charge < -0.3 is 5.32 Å². The zero-order valence-electron chi connectivity index (χ0n) is 11.7. The van der Waals surface area contributed by atoms with Crippen molar-refractivity contribution in [2.75, 3.05) is 19.6 Å². The highest BCUT2D eigenvalue weighted by Gasteiger charge is 2.21. The first-order valence-corrected chi connectivity index (χ1v) is 7.55. The van der Waals surface area contributed by atoms with Gasteiger partial charge in [-0.15, -0.1) is 0 Å². The number of hydrogen-bond acceptors (Lipinski definition) is 2. The topological polar surface area (TPSA) is 15.3 Å². The van der Waals surface area contributed by atoms with Crippen molar-refractivity contribution in [2.24, 2.45) is 0 Å². The van der Waals surface area contributed by atoms with Crippen molar-refractivity contribution in [1.29, 1.82) is 0 Å². The van der Waals surface area contributed by atoms with Gasteiger partial charge in [-0.05, 0) is 23.3 Å². The summed E-state index contributed by atoms with van der Waals surface area (Å²) in [6.07, 6.45) is 0. The average molecular weight is 305 g/mol. The Labute approximate surface area is 129 Å². The Morgan fingerprint density at radius 1 is 1.19 bits per heavy atom. The minimum Gasteiger partial charge on any atom is -0.308 e. The molecule has 4 heteroatoms. The lowest BCUT2D eigenvalue weighted by Gasteiger charge is -2.34. The summed E-state index contributed by atoms with van der Waals surface area (Å²) in [5.74, 6) is -0.286. The van der Waals surface area contributed by atoms with E-state index in [0.29, 0.717) is 11.1 Å². The second kappa shape index (κ2) is 6.56. The van der Waals surface area contributed by atoms with E-state index in [2.05, 4.69) is 34.5 Å². The highest BCUT2D eigenvalue weighted by Crippen LogP contribution is 2.22. The summed E-state index contributed by atoms with van der Waals surface area (Å²) in [4.78, 5) is 2.35. The number of nitrogens with zero attached hydrogens (tertiary/aromatic N) is 1. The number of piperazine rings is 1. The van der Waals surface area contributed by atoms with E-state index in [4.69, 9.17) is 11.6 Å². The first-order valence-electron chi connectivity index (χ1n) is 7.17. The summed E-state index contributed by atoms with van der Waals surface area (Å²) in [7, 11) is 0. The molecule has 0 aliphatic carbocycles. The summed E-state index contributed by atoms with van der Waals surface area (Å²) in [6, 6.07) is 15.4. The second-order valence-electron chi connectivity index (χ2n) is 5.39. The van der Waals surface area contributed by atoms with Crippen LogP contribution >= 0.6 is 11.6 Å². The largest absolute Gasteiger partial charge is 0.308 e. The molecule has 21 heavy (non-hydrogen) atoms. The Kier molecular flexibility index (Phi) is 4.54. The van der Waals surface area contributed by atoms with Crippen LogP contribution in [0.1, 0.15) is 17.2 Å². The maximum atomic E-state index is 13.1. The fourth-order valence-electron chi connectivity index (χ4n) is 2.75. The molecule has 1 fully saturated rings. The Bertz CT molecular complexity index is 603. The van der Waals surface area contributed by atoms with Gasteiger partial charge in [0.15, 0.2) is 0 Å². The van der Waals surface area contributed by atoms with Crippen molar-refractivity contribution >= 4 is 11.6 Å². The Morgan fingerprint density at radius 3 is 2.76 bits per heavy atom. The van der Waals surface area contributed by atoms with Gasteiger partial charge in [0.2, 0.25) is 0 Å². The van der Waals surface area contributed by atoms with Gasteiger partial charge in [-0.1, -0.05) is 48.0 Å². The van der Waals surface area contributed by atoms with E-state index < -0.39 is 0 Å². The van der Waals surface area contributed by atoms with E-state index in [1.54, 1.807) is 6.07 Å². The minimum atomic E-state index is -0.286. The summed E-state index contributed by atoms with van der Waals surface area (Å²) in [6.45, 7) is 3.59. The average Bonchev–Trinajstić information content (AvgIpc) is 2.51. The lowest BCUT2D eigenvalue weighted by Crippen LogP contribution is -2.45. The molecule has 2 nitrogen and oxygen atoms in total. The van der Waals surface area contributed by atoms with E-state index in [9.17, 15) is 4.39 Å². The van der Waals surface area contributed by atoms with Gasteiger partial charge in [0.25, 0.3) is 0 Å². The highest BCUT2D eigenvalue weighted by molar-refractivity contribution is 6.31. The van der Waals surface area contributed by atoms with Crippen molar-refractivity contribution in [3.8, 4) is 0 Å². The van der Waals surface area contributed by atoms with Gasteiger partial charge in [-0.3, -0.25) is 4.90 Å². The normalized spacial score (nSPS) is 19.6. The molecule has 2 aromatic rings. The number of rotatable bonds is 3. The van der Waals surface area contributed by atoms with Gasteiger partial charge in [-0.25, -0.2) is 4.39 Å². The van der Waals surface area contributed by atoms with Gasteiger partial charge in [-0.2, -0.15) is 0 Å². The predicted octanol–water partition coefficient (Wildman–Crippen LogP) is 3.63. The van der Waals surface area contributed by atoms with Crippen LogP contribution in [0.4, 0.5) is 4.39 Å². The number of benzene rings is 2. The van der Waals surface area contributed by atoms with E-state index in [1.807, 2.05) is 6.07 Å². The van der Waals surface area contributed by atoms with Crippen LogP contribution in [-0.4, -0.2) is 24.5 Å². The molecule has 0 saturated carbocycles. The van der Waals surface area contributed by atoms with Crippen LogP contribution in [0.2, 0.25) is 5.02 Å². The van der Waals surface area contributed by atoms with Crippen LogP contribution in [0.25, 0.3) is 0 Å². The van der Waals surface area contributed by atoms with Crippen molar-refractivity contribution in [1.82, 2.24) is 10.2 Å². The van der Waals surface area contributed by atoms with Crippen LogP contribution in [0.15, 0.2) is 48.5 Å². The van der Waals surface area contributed by atoms with Crippen LogP contribution < -0.4 is 5.32 Å². The number of halogens is 2. The van der Waals surface area contributed by atoms with Crippen LogP contribution in [0.3, 0.4) is 0 Å². The molecular weight excluding hydrogens is 287 g/mol. The third kappa shape index (κ3) is 3.62. The van der Waals surface area contributed by atoms with Crippen LogP contribution in [0, 0.1) is 5.82 Å². The number of hydrogen-bond donors (Lipinski definition) is 1. The molecule has 0 aromatic heterocycles. The molecule has 0 spiro atoms. The van der Waals surface area contributed by atoms with Crippen molar-refractivity contribution < 1.29 is 4.39 Å². The van der Waals surface area contributed by atoms with Crippen LogP contribution in [0.5, 0.6) is 0 Å². The summed E-state index contributed by atoms with van der Waals surface area (Å²) in [5, 5.41) is 4.04. The van der Waals surface area contributed by atoms with Gasteiger partial charge in [0.1, 0.15) is 5.82 Å². The molecule has 2 aromatic carbocycles. The van der Waals surface area contributed by atoms with Gasteiger partial charge >= 0.3 is 0 Å². The molecule has 1 aliphatic rings. The van der Waals surface area contributed by atoms with E-state index in [1.165, 1.54) is 17.7 Å². The zero-order valence-corrected chi connectivity index (χ0v) is 12.5. The molecule has 1 aliphatic heterocycles. The Hall–Kier alpha value is -1.42. The van der Waals surface area contributed by atoms with Crippen LogP contribution in [-0.2, 0) is 6.54 Å². The number of nitrogens with one attached hydrogen (secondary N) is 1. The summed E-state index contributed by atoms with van der Waals surface area (Å²) < 4.78 is 13.1.